The molecule has 1 unspecified atom stereocenters. The lowest BCUT2D eigenvalue weighted by molar-refractivity contribution is 0.246. The van der Waals surface area contributed by atoms with Crippen LogP contribution in [-0.4, -0.2) is 26.7 Å². The molecule has 1 aliphatic rings. The Bertz CT molecular complexity index is 694. The second kappa shape index (κ2) is 6.32. The van der Waals surface area contributed by atoms with Crippen molar-refractivity contribution in [3.05, 3.63) is 59.7 Å². The van der Waals surface area contributed by atoms with Gasteiger partial charge in [-0.3, -0.25) is 4.90 Å². The number of urea groups is 1. The Labute approximate surface area is 137 Å². The average Bonchev–Trinajstić information content (AvgIpc) is 2.90. The Balaban J connectivity index is 1.64. The third-order valence-corrected chi connectivity index (χ3v) is 4.36. The maximum Gasteiger partial charge on any atom is 0.322 e. The van der Waals surface area contributed by atoms with Crippen LogP contribution in [0.1, 0.15) is 24.0 Å². The molecule has 23 heavy (non-hydrogen) atoms. The fourth-order valence-electron chi connectivity index (χ4n) is 3.00. The minimum atomic E-state index is -0.0292. The van der Waals surface area contributed by atoms with Gasteiger partial charge in [0, 0.05) is 44.5 Å². The molecule has 1 heterocycles. The molecule has 1 N–H and O–H groups in total. The maximum absolute atomic E-state index is 12.5. The first-order valence-electron chi connectivity index (χ1n) is 7.97. The van der Waals surface area contributed by atoms with Crippen molar-refractivity contribution in [3.63, 3.8) is 0 Å². The molecular formula is C19H23N3O. The van der Waals surface area contributed by atoms with Gasteiger partial charge >= 0.3 is 6.03 Å². The van der Waals surface area contributed by atoms with E-state index in [0.717, 1.165) is 23.5 Å². The van der Waals surface area contributed by atoms with E-state index in [1.807, 2.05) is 37.2 Å². The molecule has 120 valence electrons. The molecule has 4 nitrogen and oxygen atoms in total. The summed E-state index contributed by atoms with van der Waals surface area (Å²) in [6, 6.07) is 16.3. The molecule has 0 aliphatic carbocycles. The first kappa shape index (κ1) is 15.4. The summed E-state index contributed by atoms with van der Waals surface area (Å²) >= 11 is 0. The van der Waals surface area contributed by atoms with Gasteiger partial charge in [0.1, 0.15) is 0 Å². The van der Waals surface area contributed by atoms with E-state index in [0.29, 0.717) is 12.5 Å². The summed E-state index contributed by atoms with van der Waals surface area (Å²) in [6.45, 7) is 3.44. The van der Waals surface area contributed by atoms with Crippen molar-refractivity contribution >= 4 is 17.4 Å². The summed E-state index contributed by atoms with van der Waals surface area (Å²) in [7, 11) is 4.03. The molecule has 0 radical (unpaired) electrons. The number of carbonyl (C=O) groups is 1. The van der Waals surface area contributed by atoms with Crippen molar-refractivity contribution in [1.82, 2.24) is 5.32 Å². The highest BCUT2D eigenvalue weighted by Gasteiger charge is 2.29. The molecule has 0 saturated heterocycles. The van der Waals surface area contributed by atoms with Gasteiger partial charge < -0.3 is 10.2 Å². The van der Waals surface area contributed by atoms with Crippen molar-refractivity contribution in [2.45, 2.75) is 19.4 Å². The number of para-hydroxylation sites is 1. The average molecular weight is 309 g/mol. The van der Waals surface area contributed by atoms with Crippen LogP contribution in [0.5, 0.6) is 0 Å². The number of amides is 2. The predicted molar refractivity (Wildman–Crippen MR) is 95.2 cm³/mol. The summed E-state index contributed by atoms with van der Waals surface area (Å²) in [5.74, 6) is 0.385. The molecule has 0 aromatic heterocycles. The van der Waals surface area contributed by atoms with Gasteiger partial charge in [-0.15, -0.1) is 0 Å². The van der Waals surface area contributed by atoms with E-state index in [2.05, 4.69) is 47.5 Å². The fourth-order valence-corrected chi connectivity index (χ4v) is 3.00. The highest BCUT2D eigenvalue weighted by atomic mass is 16.2. The number of carbonyl (C=O) groups excluding carboxylic acids is 1. The van der Waals surface area contributed by atoms with E-state index >= 15 is 0 Å². The van der Waals surface area contributed by atoms with Crippen molar-refractivity contribution < 1.29 is 4.79 Å². The van der Waals surface area contributed by atoms with Crippen LogP contribution < -0.4 is 15.1 Å². The smallest absolute Gasteiger partial charge is 0.322 e. The highest BCUT2D eigenvalue weighted by molar-refractivity contribution is 5.94. The van der Waals surface area contributed by atoms with Crippen LogP contribution >= 0.6 is 0 Å². The zero-order valence-corrected chi connectivity index (χ0v) is 13.9. The van der Waals surface area contributed by atoms with Crippen LogP contribution in [-0.2, 0) is 6.54 Å². The molecule has 2 amide bonds. The van der Waals surface area contributed by atoms with Crippen LogP contribution in [0, 0.1) is 0 Å². The predicted octanol–water partition coefficient (Wildman–Crippen LogP) is 3.59. The molecule has 0 saturated carbocycles. The van der Waals surface area contributed by atoms with E-state index in [4.69, 9.17) is 0 Å². The summed E-state index contributed by atoms with van der Waals surface area (Å²) < 4.78 is 0. The van der Waals surface area contributed by atoms with E-state index in [1.54, 1.807) is 0 Å². The van der Waals surface area contributed by atoms with Crippen molar-refractivity contribution in [1.29, 1.82) is 0 Å². The molecule has 2 aromatic carbocycles. The van der Waals surface area contributed by atoms with Gasteiger partial charge in [0.05, 0.1) is 0 Å². The number of hydrogen-bond donors (Lipinski definition) is 1. The lowest BCUT2D eigenvalue weighted by Crippen LogP contribution is -2.38. The highest BCUT2D eigenvalue weighted by Crippen LogP contribution is 2.35. The standard InChI is InChI=1S/C19H23N3O/c1-14-13-22(18-7-5-4-6-17(14)18)19(23)20-12-15-8-10-16(11-9-15)21(2)3/h4-11,14H,12-13H2,1-3H3,(H,20,23). The Hall–Kier alpha value is -2.49. The monoisotopic (exact) mass is 309 g/mol. The van der Waals surface area contributed by atoms with Gasteiger partial charge in [-0.25, -0.2) is 4.79 Å². The maximum atomic E-state index is 12.5. The van der Waals surface area contributed by atoms with Gasteiger partial charge in [0.15, 0.2) is 0 Å². The zero-order valence-electron chi connectivity index (χ0n) is 13.9. The molecule has 3 rings (SSSR count). The van der Waals surface area contributed by atoms with Gasteiger partial charge in [-0.2, -0.15) is 0 Å². The zero-order chi connectivity index (χ0) is 16.4. The van der Waals surface area contributed by atoms with Gasteiger partial charge in [0.25, 0.3) is 0 Å². The Kier molecular flexibility index (Phi) is 4.24. The topological polar surface area (TPSA) is 35.6 Å². The molecule has 0 fully saturated rings. The lowest BCUT2D eigenvalue weighted by atomic mass is 10.0. The van der Waals surface area contributed by atoms with Gasteiger partial charge in [0.2, 0.25) is 0 Å². The summed E-state index contributed by atoms with van der Waals surface area (Å²) in [4.78, 5) is 16.4. The van der Waals surface area contributed by atoms with Crippen LogP contribution in [0.25, 0.3) is 0 Å². The number of fused-ring (bicyclic) bond motifs is 1. The molecule has 1 aliphatic heterocycles. The number of hydrogen-bond acceptors (Lipinski definition) is 2. The van der Waals surface area contributed by atoms with Crippen LogP contribution in [0.3, 0.4) is 0 Å². The minimum Gasteiger partial charge on any atom is -0.378 e. The quantitative estimate of drug-likeness (QED) is 0.940. The SMILES string of the molecule is CC1CN(C(=O)NCc2ccc(N(C)C)cc2)c2ccccc21. The van der Waals surface area contributed by atoms with E-state index in [9.17, 15) is 4.79 Å². The largest absolute Gasteiger partial charge is 0.378 e. The second-order valence-electron chi connectivity index (χ2n) is 6.29. The first-order valence-corrected chi connectivity index (χ1v) is 7.97. The Morgan fingerprint density at radius 3 is 2.57 bits per heavy atom. The van der Waals surface area contributed by atoms with Crippen molar-refractivity contribution in [3.8, 4) is 0 Å². The van der Waals surface area contributed by atoms with Crippen LogP contribution in [0.15, 0.2) is 48.5 Å². The minimum absolute atomic E-state index is 0.0292. The number of nitrogens with zero attached hydrogens (tertiary/aromatic N) is 2. The fraction of sp³-hybridized carbons (Fsp3) is 0.316. The molecular weight excluding hydrogens is 286 g/mol. The normalized spacial score (nSPS) is 16.1. The number of rotatable bonds is 3. The summed E-state index contributed by atoms with van der Waals surface area (Å²) in [5, 5.41) is 3.02. The van der Waals surface area contributed by atoms with Crippen LogP contribution in [0.2, 0.25) is 0 Å². The molecule has 1 atom stereocenters. The molecule has 4 heteroatoms. The van der Waals surface area contributed by atoms with Crippen molar-refractivity contribution in [2.24, 2.45) is 0 Å². The lowest BCUT2D eigenvalue weighted by Gasteiger charge is -2.18. The number of benzene rings is 2. The van der Waals surface area contributed by atoms with E-state index < -0.39 is 0 Å². The first-order chi connectivity index (χ1) is 11.1. The number of anilines is 2. The number of nitrogens with one attached hydrogen (secondary N) is 1. The Morgan fingerprint density at radius 1 is 1.17 bits per heavy atom. The molecule has 0 spiro atoms. The third kappa shape index (κ3) is 3.16. The Morgan fingerprint density at radius 2 is 1.87 bits per heavy atom. The summed E-state index contributed by atoms with van der Waals surface area (Å²) in [6.07, 6.45) is 0. The third-order valence-electron chi connectivity index (χ3n) is 4.36. The van der Waals surface area contributed by atoms with Crippen molar-refractivity contribution in [2.75, 3.05) is 30.4 Å². The molecule has 0 bridgehead atoms. The van der Waals surface area contributed by atoms with Gasteiger partial charge in [-0.1, -0.05) is 37.3 Å². The molecule has 2 aromatic rings. The van der Waals surface area contributed by atoms with Crippen LogP contribution in [0.4, 0.5) is 16.2 Å². The van der Waals surface area contributed by atoms with Gasteiger partial charge in [-0.05, 0) is 29.3 Å². The van der Waals surface area contributed by atoms with E-state index in [1.165, 1.54) is 5.56 Å². The second-order valence-corrected chi connectivity index (χ2v) is 6.29. The van der Waals surface area contributed by atoms with E-state index in [-0.39, 0.29) is 6.03 Å². The summed E-state index contributed by atoms with van der Waals surface area (Å²) in [5.41, 5.74) is 4.53.